The van der Waals surface area contributed by atoms with Crippen LogP contribution < -0.4 is 0 Å². The number of carbonyl (C=O) groups is 4. The number of carbonyl (C=O) groups excluding carboxylic acids is 4. The van der Waals surface area contributed by atoms with Crippen molar-refractivity contribution in [1.29, 1.82) is 0 Å². The first-order valence-electron chi connectivity index (χ1n) is 10.9. The molecule has 2 fully saturated rings. The van der Waals surface area contributed by atoms with E-state index in [4.69, 9.17) is 16.3 Å². The molecule has 2 saturated heterocycles. The molecule has 0 saturated carbocycles. The van der Waals surface area contributed by atoms with Crippen LogP contribution in [0.25, 0.3) is 0 Å². The Morgan fingerprint density at radius 1 is 0.765 bits per heavy atom. The van der Waals surface area contributed by atoms with Crippen LogP contribution in [-0.4, -0.2) is 33.9 Å². The van der Waals surface area contributed by atoms with E-state index in [1.165, 1.54) is 0 Å². The van der Waals surface area contributed by atoms with Crippen LogP contribution in [0, 0.1) is 11.8 Å². The van der Waals surface area contributed by atoms with Crippen molar-refractivity contribution in [1.82, 2.24) is 4.90 Å². The van der Waals surface area contributed by atoms with Crippen molar-refractivity contribution in [3.05, 3.63) is 106 Å². The van der Waals surface area contributed by atoms with E-state index in [1.54, 1.807) is 48.5 Å². The molecule has 6 nitrogen and oxygen atoms in total. The number of fused-ring (bicyclic) bond motifs is 3. The van der Waals surface area contributed by atoms with Gasteiger partial charge >= 0.3 is 0 Å². The Balaban J connectivity index is 1.49. The summed E-state index contributed by atoms with van der Waals surface area (Å²) in [7, 11) is 0. The Morgan fingerprint density at radius 3 is 1.97 bits per heavy atom. The summed E-state index contributed by atoms with van der Waals surface area (Å²) in [4.78, 5) is 55.9. The Hall–Kier alpha value is -3.61. The maximum absolute atomic E-state index is 13.7. The highest BCUT2D eigenvalue weighted by atomic mass is 35.5. The van der Waals surface area contributed by atoms with Gasteiger partial charge in [-0.1, -0.05) is 78.3 Å². The summed E-state index contributed by atoms with van der Waals surface area (Å²) in [6, 6.07) is 22.2. The second kappa shape index (κ2) is 7.45. The molecule has 3 aliphatic rings. The van der Waals surface area contributed by atoms with Crippen LogP contribution in [0.15, 0.2) is 78.9 Å². The first-order chi connectivity index (χ1) is 16.4. The van der Waals surface area contributed by atoms with Gasteiger partial charge in [-0.05, 0) is 23.3 Å². The third kappa shape index (κ3) is 2.73. The molecule has 6 rings (SSSR count). The molecule has 168 valence electrons. The molecule has 0 unspecified atom stereocenters. The van der Waals surface area contributed by atoms with E-state index in [-0.39, 0.29) is 17.7 Å². The van der Waals surface area contributed by atoms with Gasteiger partial charge in [-0.25, -0.2) is 0 Å². The minimum atomic E-state index is -2.06. The van der Waals surface area contributed by atoms with Crippen molar-refractivity contribution in [3.8, 4) is 0 Å². The number of ether oxygens (including phenoxy) is 1. The SMILES string of the molecule is O=C1[C@@H]2[C@@H](c3ccc(Cl)cc3)OC3(C(=O)c4ccccc4C3=O)[C@H]2C(=O)N1Cc1ccccc1. The molecule has 34 heavy (non-hydrogen) atoms. The van der Waals surface area contributed by atoms with Crippen LogP contribution in [-0.2, 0) is 20.9 Å². The van der Waals surface area contributed by atoms with Gasteiger partial charge in [-0.15, -0.1) is 0 Å². The molecule has 7 heteroatoms. The van der Waals surface area contributed by atoms with Crippen LogP contribution in [0.1, 0.15) is 37.9 Å². The molecule has 1 aliphatic carbocycles. The third-order valence-electron chi connectivity index (χ3n) is 6.99. The highest BCUT2D eigenvalue weighted by Crippen LogP contribution is 2.57. The number of rotatable bonds is 3. The number of halogens is 1. The summed E-state index contributed by atoms with van der Waals surface area (Å²) in [5.41, 5.74) is -0.281. The molecule has 0 N–H and O–H groups in total. The van der Waals surface area contributed by atoms with E-state index in [9.17, 15) is 19.2 Å². The standard InChI is InChI=1S/C27H18ClNO5/c28-17-12-10-16(11-13-17)22-20-21(26(33)29(25(20)32)14-15-6-2-1-3-7-15)27(34-22)23(30)18-8-4-5-9-19(18)24(27)31/h1-13,20-22H,14H2/t20-,21+,22+/m0/s1. The van der Waals surface area contributed by atoms with Crippen molar-refractivity contribution in [2.75, 3.05) is 0 Å². The third-order valence-corrected chi connectivity index (χ3v) is 7.24. The van der Waals surface area contributed by atoms with E-state index < -0.39 is 46.9 Å². The van der Waals surface area contributed by atoms with Gasteiger partial charge in [0.05, 0.1) is 24.5 Å². The maximum Gasteiger partial charge on any atom is 0.237 e. The minimum Gasteiger partial charge on any atom is -0.349 e. The van der Waals surface area contributed by atoms with Crippen molar-refractivity contribution < 1.29 is 23.9 Å². The molecule has 1 spiro atoms. The summed E-state index contributed by atoms with van der Waals surface area (Å²) >= 11 is 6.04. The van der Waals surface area contributed by atoms with E-state index in [0.717, 1.165) is 10.5 Å². The zero-order valence-electron chi connectivity index (χ0n) is 17.8. The van der Waals surface area contributed by atoms with Crippen LogP contribution >= 0.6 is 11.6 Å². The van der Waals surface area contributed by atoms with Gasteiger partial charge in [0.25, 0.3) is 0 Å². The fraction of sp³-hybridized carbons (Fsp3) is 0.185. The quantitative estimate of drug-likeness (QED) is 0.425. The zero-order chi connectivity index (χ0) is 23.6. The molecular formula is C27H18ClNO5. The number of benzene rings is 3. The number of nitrogens with zero attached hydrogens (tertiary/aromatic N) is 1. The number of amides is 2. The largest absolute Gasteiger partial charge is 0.349 e. The molecule has 3 aromatic rings. The lowest BCUT2D eigenvalue weighted by Crippen LogP contribution is -2.50. The average Bonchev–Trinajstić information content (AvgIpc) is 3.41. The fourth-order valence-corrected chi connectivity index (χ4v) is 5.58. The molecule has 2 heterocycles. The van der Waals surface area contributed by atoms with Gasteiger partial charge < -0.3 is 4.74 Å². The molecule has 0 radical (unpaired) electrons. The van der Waals surface area contributed by atoms with Crippen molar-refractivity contribution in [2.24, 2.45) is 11.8 Å². The first-order valence-corrected chi connectivity index (χ1v) is 11.3. The summed E-state index contributed by atoms with van der Waals surface area (Å²) in [6.45, 7) is 0.0598. The summed E-state index contributed by atoms with van der Waals surface area (Å²) in [5.74, 6) is -4.39. The van der Waals surface area contributed by atoms with Gasteiger partial charge in [0.1, 0.15) is 0 Å². The van der Waals surface area contributed by atoms with Gasteiger partial charge in [-0.3, -0.25) is 24.1 Å². The fourth-order valence-electron chi connectivity index (χ4n) is 5.45. The number of Topliss-reactive ketones (excluding diaryl/α,β-unsaturated/α-hetero) is 2. The van der Waals surface area contributed by atoms with E-state index >= 15 is 0 Å². The van der Waals surface area contributed by atoms with Crippen LogP contribution in [0.5, 0.6) is 0 Å². The first kappa shape index (κ1) is 21.0. The number of likely N-dealkylation sites (tertiary alicyclic amines) is 1. The van der Waals surface area contributed by atoms with Crippen molar-refractivity contribution >= 4 is 35.0 Å². The number of ketones is 2. The van der Waals surface area contributed by atoms with Gasteiger partial charge in [0.2, 0.25) is 29.0 Å². The monoisotopic (exact) mass is 471 g/mol. The van der Waals surface area contributed by atoms with E-state index in [1.807, 2.05) is 30.3 Å². The average molecular weight is 472 g/mol. The van der Waals surface area contributed by atoms with Crippen molar-refractivity contribution in [3.63, 3.8) is 0 Å². The Morgan fingerprint density at radius 2 is 1.35 bits per heavy atom. The molecule has 0 aromatic heterocycles. The van der Waals surface area contributed by atoms with Crippen LogP contribution in [0.4, 0.5) is 0 Å². The molecular weight excluding hydrogens is 454 g/mol. The molecule has 3 aromatic carbocycles. The Labute approximate surface area is 200 Å². The number of imide groups is 1. The highest BCUT2D eigenvalue weighted by molar-refractivity contribution is 6.35. The summed E-state index contributed by atoms with van der Waals surface area (Å²) in [5, 5.41) is 0.493. The minimum absolute atomic E-state index is 0.0598. The zero-order valence-corrected chi connectivity index (χ0v) is 18.6. The lowest BCUT2D eigenvalue weighted by molar-refractivity contribution is -0.145. The predicted molar refractivity (Wildman–Crippen MR) is 122 cm³/mol. The predicted octanol–water partition coefficient (Wildman–Crippen LogP) is 4.03. The second-order valence-corrected chi connectivity index (χ2v) is 9.22. The van der Waals surface area contributed by atoms with E-state index in [2.05, 4.69) is 0 Å². The van der Waals surface area contributed by atoms with Gasteiger partial charge in [-0.2, -0.15) is 0 Å². The lowest BCUT2D eigenvalue weighted by atomic mass is 9.77. The molecule has 0 bridgehead atoms. The number of hydrogen-bond acceptors (Lipinski definition) is 5. The second-order valence-electron chi connectivity index (χ2n) is 8.78. The topological polar surface area (TPSA) is 80.8 Å². The highest BCUT2D eigenvalue weighted by Gasteiger charge is 2.74. The lowest BCUT2D eigenvalue weighted by Gasteiger charge is -2.27. The normalized spacial score (nSPS) is 24.7. The Kier molecular flexibility index (Phi) is 4.59. The molecule has 2 aliphatic heterocycles. The van der Waals surface area contributed by atoms with Gasteiger partial charge in [0.15, 0.2) is 0 Å². The smallest absolute Gasteiger partial charge is 0.237 e. The van der Waals surface area contributed by atoms with E-state index in [0.29, 0.717) is 10.6 Å². The van der Waals surface area contributed by atoms with Crippen LogP contribution in [0.2, 0.25) is 5.02 Å². The maximum atomic E-state index is 13.7. The van der Waals surface area contributed by atoms with Crippen molar-refractivity contribution in [2.45, 2.75) is 18.2 Å². The molecule has 3 atom stereocenters. The van der Waals surface area contributed by atoms with Gasteiger partial charge in [0, 0.05) is 16.1 Å². The summed E-state index contributed by atoms with van der Waals surface area (Å²) in [6.07, 6.45) is -0.943. The number of hydrogen-bond donors (Lipinski definition) is 0. The molecule has 2 amide bonds. The summed E-state index contributed by atoms with van der Waals surface area (Å²) < 4.78 is 6.24. The van der Waals surface area contributed by atoms with Crippen LogP contribution in [0.3, 0.4) is 0 Å². The Bertz CT molecular complexity index is 1330.